The van der Waals surface area contributed by atoms with E-state index in [0.717, 1.165) is 116 Å². The molecule has 0 aliphatic heterocycles. The van der Waals surface area contributed by atoms with Crippen LogP contribution >= 0.6 is 0 Å². The van der Waals surface area contributed by atoms with Gasteiger partial charge in [0, 0.05) is 32.8 Å². The van der Waals surface area contributed by atoms with Gasteiger partial charge in [-0.3, -0.25) is 0 Å². The molecule has 82 heavy (non-hydrogen) atoms. The van der Waals surface area contributed by atoms with Crippen LogP contribution in [0.5, 0.6) is 0 Å². The Morgan fingerprint density at radius 3 is 1.04 bits per heavy atom. The van der Waals surface area contributed by atoms with Crippen LogP contribution in [-0.2, 0) is 12.4 Å². The average Bonchev–Trinajstić information content (AvgIpc) is 4.17. The fourth-order valence-electron chi connectivity index (χ4n) is 11.7. The van der Waals surface area contributed by atoms with E-state index in [4.69, 9.17) is 6.57 Å². The molecule has 398 valence electrons. The molecule has 0 saturated carbocycles. The van der Waals surface area contributed by atoms with E-state index >= 15 is 26.3 Å². The van der Waals surface area contributed by atoms with Crippen molar-refractivity contribution < 1.29 is 26.3 Å². The van der Waals surface area contributed by atoms with Crippen LogP contribution in [0.2, 0.25) is 0 Å². The molecule has 9 heteroatoms. The van der Waals surface area contributed by atoms with Crippen LogP contribution in [0.25, 0.3) is 127 Å². The molecule has 0 fully saturated rings. The molecule has 2 heterocycles. The number of halogens is 6. The number of hydrogen-bond acceptors (Lipinski definition) is 0. The molecule has 2 aromatic heterocycles. The van der Waals surface area contributed by atoms with Crippen molar-refractivity contribution in [3.8, 4) is 78.1 Å². The lowest BCUT2D eigenvalue weighted by atomic mass is 9.87. The minimum Gasteiger partial charge on any atom is -0.309 e. The summed E-state index contributed by atoms with van der Waals surface area (Å²) < 4.78 is 97.3. The van der Waals surface area contributed by atoms with Crippen molar-refractivity contribution in [3.63, 3.8) is 0 Å². The third-order valence-electron chi connectivity index (χ3n) is 15.9. The second kappa shape index (κ2) is 19.7. The third-order valence-corrected chi connectivity index (χ3v) is 15.9. The van der Waals surface area contributed by atoms with Crippen molar-refractivity contribution in [1.29, 1.82) is 0 Å². The molecule has 0 amide bonds. The van der Waals surface area contributed by atoms with Gasteiger partial charge in [-0.25, -0.2) is 4.85 Å². The third kappa shape index (κ3) is 9.07. The molecular formula is C73H49F6N3. The van der Waals surface area contributed by atoms with E-state index in [1.165, 1.54) is 6.07 Å². The van der Waals surface area contributed by atoms with Crippen molar-refractivity contribution >= 4 is 49.3 Å². The van der Waals surface area contributed by atoms with Gasteiger partial charge in [0.05, 0.1) is 45.5 Å². The van der Waals surface area contributed by atoms with Crippen LogP contribution < -0.4 is 0 Å². The van der Waals surface area contributed by atoms with Gasteiger partial charge >= 0.3 is 12.4 Å². The van der Waals surface area contributed by atoms with Gasteiger partial charge in [-0.05, 0) is 174 Å². The molecule has 0 aliphatic carbocycles. The fourth-order valence-corrected chi connectivity index (χ4v) is 11.7. The van der Waals surface area contributed by atoms with E-state index in [-0.39, 0.29) is 22.4 Å². The lowest BCUT2D eigenvalue weighted by molar-refractivity contribution is -0.142. The number of alkyl halides is 6. The van der Waals surface area contributed by atoms with Crippen LogP contribution in [0.4, 0.5) is 32.0 Å². The molecule has 0 aliphatic rings. The Kier molecular flexibility index (Phi) is 12.4. The van der Waals surface area contributed by atoms with Crippen molar-refractivity contribution in [2.75, 3.05) is 0 Å². The number of aromatic nitrogens is 2. The molecular weight excluding hydrogens is 1030 g/mol. The summed E-state index contributed by atoms with van der Waals surface area (Å²) in [6.45, 7) is 16.5. The van der Waals surface area contributed by atoms with E-state index in [2.05, 4.69) is 126 Å². The normalized spacial score (nSPS) is 12.0. The van der Waals surface area contributed by atoms with Crippen molar-refractivity contribution in [3.05, 3.63) is 269 Å². The SMILES string of the molecule is [C-]#[N+]c1ccc(-n2c3ccc(-c4ccc(C)cc4)cc3c3cc(-c4ccc(C)cc4)ccc32)c(-c2cc(-n3c4ccc(-c5ccc(C)cc5)cc4c4cc(-c5ccc(C)cc5)ccc43)ccc2-c2c(C(F)(F)F)cccc2C(F)(F)F)c1. The number of hydrogen-bond donors (Lipinski definition) is 0. The van der Waals surface area contributed by atoms with E-state index in [1.807, 2.05) is 85.4 Å². The maximum atomic E-state index is 15.5. The molecule has 0 unspecified atom stereocenters. The van der Waals surface area contributed by atoms with Crippen molar-refractivity contribution in [2.24, 2.45) is 0 Å². The standard InChI is InChI=1S/C73H49F6N3/c1-43-9-17-47(18-10-43)51-25-32-66-59(37-51)60-38-52(48-19-11-44(2)12-20-48)26-33-67(60)81(66)56-30-31-57(71-64(72(74,75)76)7-6-8-65(71)73(77,78)79)58(42-56)63-41-55(80-5)29-36-70(63)82-68-34-27-53(49-21-13-45(3)14-22-49)39-61(68)62-40-54(28-35-69(62)82)50-23-15-46(4)16-24-50/h6-42H,1-4H3. The summed E-state index contributed by atoms with van der Waals surface area (Å²) in [6.07, 6.45) is -10.4. The Morgan fingerprint density at radius 2 is 0.683 bits per heavy atom. The zero-order valence-corrected chi connectivity index (χ0v) is 45.0. The van der Waals surface area contributed by atoms with Gasteiger partial charge in [-0.2, -0.15) is 26.3 Å². The molecule has 3 nitrogen and oxygen atoms in total. The zero-order valence-electron chi connectivity index (χ0n) is 45.0. The summed E-state index contributed by atoms with van der Waals surface area (Å²) in [5.41, 5.74) is 12.5. The highest BCUT2D eigenvalue weighted by molar-refractivity contribution is 6.14. The predicted molar refractivity (Wildman–Crippen MR) is 323 cm³/mol. The topological polar surface area (TPSA) is 14.2 Å². The number of fused-ring (bicyclic) bond motifs is 6. The molecule has 0 N–H and O–H groups in total. The summed E-state index contributed by atoms with van der Waals surface area (Å²) in [6, 6.07) is 69.6. The van der Waals surface area contributed by atoms with Crippen molar-refractivity contribution in [1.82, 2.24) is 9.13 Å². The number of nitrogens with zero attached hydrogens (tertiary/aromatic N) is 3. The highest BCUT2D eigenvalue weighted by Crippen LogP contribution is 2.50. The van der Waals surface area contributed by atoms with Crippen LogP contribution in [0.1, 0.15) is 33.4 Å². The molecule has 13 rings (SSSR count). The summed E-state index contributed by atoms with van der Waals surface area (Å²) in [5.74, 6) is 0. The van der Waals surface area contributed by atoms with Gasteiger partial charge < -0.3 is 9.13 Å². The summed E-state index contributed by atoms with van der Waals surface area (Å²) in [5, 5.41) is 3.53. The Labute approximate surface area is 470 Å². The second-order valence-corrected chi connectivity index (χ2v) is 21.3. The highest BCUT2D eigenvalue weighted by Gasteiger charge is 2.42. The van der Waals surface area contributed by atoms with Gasteiger partial charge in [-0.1, -0.05) is 162 Å². The van der Waals surface area contributed by atoms with Gasteiger partial charge in [0.1, 0.15) is 0 Å². The quantitative estimate of drug-likeness (QED) is 0.106. The lowest BCUT2D eigenvalue weighted by Crippen LogP contribution is -2.14. The number of rotatable bonds is 8. The van der Waals surface area contributed by atoms with Crippen LogP contribution in [0, 0.1) is 34.3 Å². The van der Waals surface area contributed by atoms with Gasteiger partial charge in [0.25, 0.3) is 0 Å². The number of aryl methyl sites for hydroxylation is 4. The van der Waals surface area contributed by atoms with Crippen LogP contribution in [0.3, 0.4) is 0 Å². The Balaban J connectivity index is 1.13. The summed E-state index contributed by atoms with van der Waals surface area (Å²) in [4.78, 5) is 3.83. The predicted octanol–water partition coefficient (Wildman–Crippen LogP) is 21.7. The first-order valence-electron chi connectivity index (χ1n) is 26.9. The van der Waals surface area contributed by atoms with Gasteiger partial charge in [0.2, 0.25) is 0 Å². The van der Waals surface area contributed by atoms with Crippen molar-refractivity contribution in [2.45, 2.75) is 40.0 Å². The van der Waals surface area contributed by atoms with Gasteiger partial charge in [-0.15, -0.1) is 0 Å². The Morgan fingerprint density at radius 1 is 0.329 bits per heavy atom. The first-order chi connectivity index (χ1) is 39.5. The minimum atomic E-state index is -5.19. The fraction of sp³-hybridized carbons (Fsp3) is 0.0822. The molecule has 0 spiro atoms. The maximum Gasteiger partial charge on any atom is 0.417 e. The minimum absolute atomic E-state index is 0.0605. The lowest BCUT2D eigenvalue weighted by Gasteiger charge is -2.23. The van der Waals surface area contributed by atoms with Gasteiger partial charge in [0.15, 0.2) is 5.69 Å². The largest absolute Gasteiger partial charge is 0.417 e. The second-order valence-electron chi connectivity index (χ2n) is 21.3. The van der Waals surface area contributed by atoms with E-state index in [9.17, 15) is 0 Å². The molecule has 0 radical (unpaired) electrons. The van der Waals surface area contributed by atoms with E-state index in [0.29, 0.717) is 23.5 Å². The van der Waals surface area contributed by atoms with Crippen LogP contribution in [-0.4, -0.2) is 9.13 Å². The molecule has 11 aromatic carbocycles. The first kappa shape index (κ1) is 51.5. The monoisotopic (exact) mass is 1080 g/mol. The smallest absolute Gasteiger partial charge is 0.309 e. The van der Waals surface area contributed by atoms with E-state index < -0.39 is 29.0 Å². The maximum absolute atomic E-state index is 15.5. The Bertz CT molecular complexity index is 4490. The Hall–Kier alpha value is -9.91. The molecule has 0 bridgehead atoms. The van der Waals surface area contributed by atoms with E-state index in [1.54, 1.807) is 30.3 Å². The zero-order chi connectivity index (χ0) is 56.8. The average molecular weight is 1080 g/mol. The summed E-state index contributed by atoms with van der Waals surface area (Å²) >= 11 is 0. The molecule has 0 atom stereocenters. The highest BCUT2D eigenvalue weighted by atomic mass is 19.4. The van der Waals surface area contributed by atoms with Crippen LogP contribution in [0.15, 0.2) is 224 Å². The number of benzene rings is 11. The first-order valence-corrected chi connectivity index (χ1v) is 26.9. The molecule has 0 saturated heterocycles. The summed E-state index contributed by atoms with van der Waals surface area (Å²) in [7, 11) is 0. The molecule has 13 aromatic rings.